The molecular weight excluding hydrogens is 341 g/mol. The van der Waals surface area contributed by atoms with Crippen molar-refractivity contribution in [3.8, 4) is 10.4 Å². The normalized spacial score (nSPS) is 11.1. The van der Waals surface area contributed by atoms with Gasteiger partial charge in [-0.1, -0.05) is 36.2 Å². The molecule has 1 aromatic heterocycles. The zero-order chi connectivity index (χ0) is 16.1. The highest BCUT2D eigenvalue weighted by Gasteiger charge is 2.12. The summed E-state index contributed by atoms with van der Waals surface area (Å²) < 4.78 is 0. The molecule has 0 spiro atoms. The highest BCUT2D eigenvalue weighted by molar-refractivity contribution is 7.15. The van der Waals surface area contributed by atoms with Crippen LogP contribution in [-0.4, -0.2) is 29.1 Å². The van der Waals surface area contributed by atoms with Gasteiger partial charge in [0.2, 0.25) is 0 Å². The number of hydrogen-bond donors (Lipinski definition) is 1. The van der Waals surface area contributed by atoms with Gasteiger partial charge in [-0.15, -0.1) is 11.3 Å². The summed E-state index contributed by atoms with van der Waals surface area (Å²) in [6.45, 7) is 3.52. The van der Waals surface area contributed by atoms with E-state index >= 15 is 0 Å². The van der Waals surface area contributed by atoms with E-state index in [0.29, 0.717) is 16.6 Å². The van der Waals surface area contributed by atoms with Crippen LogP contribution < -0.4 is 0 Å². The van der Waals surface area contributed by atoms with E-state index in [1.54, 1.807) is 17.4 Å². The van der Waals surface area contributed by atoms with Crippen molar-refractivity contribution in [2.24, 2.45) is 0 Å². The Kier molecular flexibility index (Phi) is 6.26. The molecule has 0 aliphatic rings. The lowest BCUT2D eigenvalue weighted by Gasteiger charge is -2.18. The molecule has 1 aromatic carbocycles. The molecule has 0 aliphatic carbocycles. The van der Waals surface area contributed by atoms with E-state index < -0.39 is 5.97 Å². The predicted molar refractivity (Wildman–Crippen MR) is 93.0 cm³/mol. The topological polar surface area (TPSA) is 40.5 Å². The number of benzene rings is 1. The summed E-state index contributed by atoms with van der Waals surface area (Å²) >= 11 is 13.6. The fourth-order valence-corrected chi connectivity index (χ4v) is 3.55. The molecule has 0 atom stereocenters. The van der Waals surface area contributed by atoms with Crippen molar-refractivity contribution in [2.75, 3.05) is 13.1 Å². The number of carbonyl (C=O) groups is 1. The quantitative estimate of drug-likeness (QED) is 0.756. The molecule has 0 radical (unpaired) electrons. The predicted octanol–water partition coefficient (Wildman–Crippen LogP) is 5.02. The first-order valence-corrected chi connectivity index (χ1v) is 8.55. The largest absolute Gasteiger partial charge is 0.480 e. The summed E-state index contributed by atoms with van der Waals surface area (Å²) in [5.74, 6) is -0.797. The molecule has 0 bridgehead atoms. The minimum absolute atomic E-state index is 0.0633. The van der Waals surface area contributed by atoms with E-state index in [9.17, 15) is 4.79 Å². The van der Waals surface area contributed by atoms with Gasteiger partial charge in [0.25, 0.3) is 0 Å². The Labute approximate surface area is 144 Å². The summed E-state index contributed by atoms with van der Waals surface area (Å²) in [5, 5.41) is 10.0. The molecule has 2 aromatic rings. The Morgan fingerprint density at radius 1 is 1.23 bits per heavy atom. The maximum absolute atomic E-state index is 10.9. The Morgan fingerprint density at radius 3 is 2.64 bits per heavy atom. The fourth-order valence-electron chi connectivity index (χ4n) is 2.21. The molecule has 2 rings (SSSR count). The summed E-state index contributed by atoms with van der Waals surface area (Å²) in [6, 6.07) is 9.63. The second-order valence-corrected chi connectivity index (χ2v) is 6.98. The van der Waals surface area contributed by atoms with E-state index in [0.717, 1.165) is 28.3 Å². The van der Waals surface area contributed by atoms with Crippen molar-refractivity contribution >= 4 is 40.5 Å². The first kappa shape index (κ1) is 17.3. The van der Waals surface area contributed by atoms with Crippen molar-refractivity contribution in [1.82, 2.24) is 4.90 Å². The number of carboxylic acid groups (broad SMARTS) is 1. The van der Waals surface area contributed by atoms with Crippen molar-refractivity contribution < 1.29 is 9.90 Å². The number of rotatable bonds is 7. The van der Waals surface area contributed by atoms with Gasteiger partial charge >= 0.3 is 5.97 Å². The molecule has 118 valence electrons. The zero-order valence-electron chi connectivity index (χ0n) is 12.2. The van der Waals surface area contributed by atoms with E-state index in [4.69, 9.17) is 28.3 Å². The molecule has 0 fully saturated rings. The average molecular weight is 358 g/mol. The number of hydrogen-bond acceptors (Lipinski definition) is 3. The summed E-state index contributed by atoms with van der Waals surface area (Å²) in [5.41, 5.74) is 1.02. The lowest BCUT2D eigenvalue weighted by molar-refractivity contribution is -0.138. The number of carboxylic acids is 1. The van der Waals surface area contributed by atoms with Crippen molar-refractivity contribution in [1.29, 1.82) is 0 Å². The minimum Gasteiger partial charge on any atom is -0.480 e. The molecule has 0 saturated carbocycles. The maximum atomic E-state index is 10.9. The van der Waals surface area contributed by atoms with Crippen LogP contribution in [0.1, 0.15) is 18.2 Å². The third-order valence-corrected chi connectivity index (χ3v) is 5.00. The number of halogens is 2. The second kappa shape index (κ2) is 7.97. The van der Waals surface area contributed by atoms with Gasteiger partial charge in [-0.3, -0.25) is 9.69 Å². The van der Waals surface area contributed by atoms with Crippen LogP contribution in [-0.2, 0) is 11.3 Å². The maximum Gasteiger partial charge on any atom is 0.317 e. The monoisotopic (exact) mass is 357 g/mol. The molecule has 6 heteroatoms. The van der Waals surface area contributed by atoms with Crippen LogP contribution >= 0.6 is 34.5 Å². The van der Waals surface area contributed by atoms with Crippen LogP contribution in [0.3, 0.4) is 0 Å². The third-order valence-electron chi connectivity index (χ3n) is 3.14. The second-order valence-electron chi connectivity index (χ2n) is 5.00. The van der Waals surface area contributed by atoms with Gasteiger partial charge in [-0.05, 0) is 42.8 Å². The van der Waals surface area contributed by atoms with E-state index in [1.165, 1.54) is 0 Å². The van der Waals surface area contributed by atoms with Gasteiger partial charge < -0.3 is 5.11 Å². The lowest BCUT2D eigenvalue weighted by Crippen LogP contribution is -2.29. The Hall–Kier alpha value is -1.07. The van der Waals surface area contributed by atoms with Crippen LogP contribution in [0.5, 0.6) is 0 Å². The zero-order valence-corrected chi connectivity index (χ0v) is 14.5. The van der Waals surface area contributed by atoms with Gasteiger partial charge in [0.1, 0.15) is 0 Å². The highest BCUT2D eigenvalue weighted by atomic mass is 35.5. The van der Waals surface area contributed by atoms with Crippen LogP contribution in [0.4, 0.5) is 0 Å². The smallest absolute Gasteiger partial charge is 0.317 e. The summed E-state index contributed by atoms with van der Waals surface area (Å²) in [4.78, 5) is 15.1. The minimum atomic E-state index is -0.797. The Bertz CT molecular complexity index is 657. The van der Waals surface area contributed by atoms with Crippen molar-refractivity contribution in [2.45, 2.75) is 19.9 Å². The first-order valence-electron chi connectivity index (χ1n) is 6.98. The molecule has 0 amide bonds. The standard InChI is InChI=1S/C16H17Cl2NO2S/c1-2-7-19(10-16(20)21)9-12-4-6-15(22-12)11-3-5-13(17)14(18)8-11/h3-6,8H,2,7,9-10H2,1H3,(H,20,21). The van der Waals surface area contributed by atoms with Gasteiger partial charge in [-0.25, -0.2) is 0 Å². The average Bonchev–Trinajstić information content (AvgIpc) is 2.90. The molecule has 0 saturated heterocycles. The lowest BCUT2D eigenvalue weighted by atomic mass is 10.2. The van der Waals surface area contributed by atoms with Crippen LogP contribution in [0.25, 0.3) is 10.4 Å². The van der Waals surface area contributed by atoms with Crippen LogP contribution in [0.2, 0.25) is 10.0 Å². The van der Waals surface area contributed by atoms with E-state index in [1.807, 2.05) is 36.1 Å². The number of thiophene rings is 1. The van der Waals surface area contributed by atoms with Crippen molar-refractivity contribution in [3.05, 3.63) is 45.3 Å². The van der Waals surface area contributed by atoms with Crippen LogP contribution in [0, 0.1) is 0 Å². The van der Waals surface area contributed by atoms with Gasteiger partial charge in [0, 0.05) is 16.3 Å². The molecule has 1 heterocycles. The van der Waals surface area contributed by atoms with Gasteiger partial charge in [0.05, 0.1) is 16.6 Å². The molecular formula is C16H17Cl2NO2S. The van der Waals surface area contributed by atoms with Crippen molar-refractivity contribution in [3.63, 3.8) is 0 Å². The third kappa shape index (κ3) is 4.71. The van der Waals surface area contributed by atoms with E-state index in [-0.39, 0.29) is 6.54 Å². The molecule has 1 N–H and O–H groups in total. The highest BCUT2D eigenvalue weighted by Crippen LogP contribution is 2.33. The fraction of sp³-hybridized carbons (Fsp3) is 0.312. The molecule has 3 nitrogen and oxygen atoms in total. The number of nitrogens with zero attached hydrogens (tertiary/aromatic N) is 1. The number of aliphatic carboxylic acids is 1. The first-order chi connectivity index (χ1) is 10.5. The van der Waals surface area contributed by atoms with Gasteiger partial charge in [0.15, 0.2) is 0 Å². The molecule has 0 aliphatic heterocycles. The van der Waals surface area contributed by atoms with E-state index in [2.05, 4.69) is 0 Å². The molecule has 22 heavy (non-hydrogen) atoms. The summed E-state index contributed by atoms with van der Waals surface area (Å²) in [7, 11) is 0. The molecule has 0 unspecified atom stereocenters. The van der Waals surface area contributed by atoms with Gasteiger partial charge in [-0.2, -0.15) is 0 Å². The van der Waals surface area contributed by atoms with Crippen LogP contribution in [0.15, 0.2) is 30.3 Å². The SMILES string of the molecule is CCCN(CC(=O)O)Cc1ccc(-c2ccc(Cl)c(Cl)c2)s1. The Balaban J connectivity index is 2.12. The Morgan fingerprint density at radius 2 is 2.00 bits per heavy atom. The summed E-state index contributed by atoms with van der Waals surface area (Å²) in [6.07, 6.45) is 0.929.